The molecule has 2 aromatic carbocycles. The molecule has 0 unspecified atom stereocenters. The normalized spacial score (nSPS) is 11.6. The van der Waals surface area contributed by atoms with Crippen molar-refractivity contribution in [1.82, 2.24) is 10.2 Å². The number of benzene rings is 2. The van der Waals surface area contributed by atoms with Gasteiger partial charge in [-0.15, -0.1) is 0 Å². The zero-order valence-electron chi connectivity index (χ0n) is 16.8. The summed E-state index contributed by atoms with van der Waals surface area (Å²) in [5.74, 6) is 0.119. The van der Waals surface area contributed by atoms with Crippen LogP contribution in [0.15, 0.2) is 42.5 Å². The number of carbonyl (C=O) groups is 2. The summed E-state index contributed by atoms with van der Waals surface area (Å²) in [5.41, 5.74) is 2.97. The van der Waals surface area contributed by atoms with E-state index in [1.54, 1.807) is 30.0 Å². The number of likely N-dealkylation sites (N-methyl/N-ethyl adjacent to an activating group) is 1. The maximum atomic E-state index is 12.9. The first-order valence-electron chi connectivity index (χ1n) is 9.33. The van der Waals surface area contributed by atoms with Crippen molar-refractivity contribution in [3.63, 3.8) is 0 Å². The van der Waals surface area contributed by atoms with Crippen LogP contribution in [0.4, 0.5) is 0 Å². The standard InChI is InChI=1S/C22H27ClN2O3/c1-5-24-22(27)17(4)25(13-18-8-6-15(2)7-9-18)21(26)14-28-19-10-11-20(23)16(3)12-19/h6-12,17H,5,13-14H2,1-4H3,(H,24,27)/t17-/m1/s1. The molecule has 0 heterocycles. The fourth-order valence-corrected chi connectivity index (χ4v) is 2.85. The Kier molecular flexibility index (Phi) is 7.88. The third kappa shape index (κ3) is 5.99. The number of aryl methyl sites for hydroxylation is 2. The Balaban J connectivity index is 2.13. The van der Waals surface area contributed by atoms with E-state index in [4.69, 9.17) is 16.3 Å². The van der Waals surface area contributed by atoms with Gasteiger partial charge >= 0.3 is 0 Å². The average Bonchev–Trinajstić information content (AvgIpc) is 2.68. The topological polar surface area (TPSA) is 58.6 Å². The summed E-state index contributed by atoms with van der Waals surface area (Å²) < 4.78 is 5.65. The Morgan fingerprint density at radius 1 is 1.14 bits per heavy atom. The molecule has 0 spiro atoms. The third-order valence-corrected chi connectivity index (χ3v) is 4.91. The van der Waals surface area contributed by atoms with Gasteiger partial charge in [-0.25, -0.2) is 0 Å². The zero-order valence-corrected chi connectivity index (χ0v) is 17.5. The minimum Gasteiger partial charge on any atom is -0.484 e. The Morgan fingerprint density at radius 2 is 1.82 bits per heavy atom. The second-order valence-electron chi connectivity index (χ2n) is 6.78. The zero-order chi connectivity index (χ0) is 20.7. The van der Waals surface area contributed by atoms with Gasteiger partial charge in [0.1, 0.15) is 11.8 Å². The van der Waals surface area contributed by atoms with Crippen molar-refractivity contribution in [3.05, 3.63) is 64.2 Å². The van der Waals surface area contributed by atoms with Crippen LogP contribution < -0.4 is 10.1 Å². The average molecular weight is 403 g/mol. The number of amides is 2. The van der Waals surface area contributed by atoms with Crippen LogP contribution in [-0.4, -0.2) is 35.9 Å². The summed E-state index contributed by atoms with van der Waals surface area (Å²) in [6, 6.07) is 12.5. The summed E-state index contributed by atoms with van der Waals surface area (Å²) in [7, 11) is 0. The van der Waals surface area contributed by atoms with Gasteiger partial charge in [0, 0.05) is 18.1 Å². The summed E-state index contributed by atoms with van der Waals surface area (Å²) in [6.45, 7) is 8.14. The van der Waals surface area contributed by atoms with Crippen LogP contribution >= 0.6 is 11.6 Å². The maximum Gasteiger partial charge on any atom is 0.261 e. The SMILES string of the molecule is CCNC(=O)[C@@H](C)N(Cc1ccc(C)cc1)C(=O)COc1ccc(Cl)c(C)c1. The molecule has 0 aliphatic heterocycles. The molecule has 150 valence electrons. The van der Waals surface area contributed by atoms with Crippen LogP contribution in [0.1, 0.15) is 30.5 Å². The molecule has 0 saturated carbocycles. The highest BCUT2D eigenvalue weighted by Gasteiger charge is 2.26. The van der Waals surface area contributed by atoms with E-state index in [0.29, 0.717) is 23.9 Å². The molecule has 0 fully saturated rings. The lowest BCUT2D eigenvalue weighted by Crippen LogP contribution is -2.49. The van der Waals surface area contributed by atoms with Gasteiger partial charge in [-0.2, -0.15) is 0 Å². The molecule has 28 heavy (non-hydrogen) atoms. The van der Waals surface area contributed by atoms with Gasteiger partial charge in [0.05, 0.1) is 0 Å². The highest BCUT2D eigenvalue weighted by Crippen LogP contribution is 2.21. The van der Waals surface area contributed by atoms with Crippen molar-refractivity contribution in [2.75, 3.05) is 13.2 Å². The van der Waals surface area contributed by atoms with Crippen LogP contribution in [0.25, 0.3) is 0 Å². The van der Waals surface area contributed by atoms with Crippen molar-refractivity contribution < 1.29 is 14.3 Å². The molecule has 1 N–H and O–H groups in total. The summed E-state index contributed by atoms with van der Waals surface area (Å²) in [4.78, 5) is 26.8. The molecule has 0 aromatic heterocycles. The van der Waals surface area contributed by atoms with Crippen molar-refractivity contribution in [1.29, 1.82) is 0 Å². The quantitative estimate of drug-likeness (QED) is 0.728. The monoisotopic (exact) mass is 402 g/mol. The van der Waals surface area contributed by atoms with E-state index in [-0.39, 0.29) is 18.4 Å². The molecule has 0 radical (unpaired) electrons. The number of hydrogen-bond acceptors (Lipinski definition) is 3. The highest BCUT2D eigenvalue weighted by molar-refractivity contribution is 6.31. The summed E-state index contributed by atoms with van der Waals surface area (Å²) >= 11 is 6.03. The predicted molar refractivity (Wildman–Crippen MR) is 112 cm³/mol. The fourth-order valence-electron chi connectivity index (χ4n) is 2.73. The number of nitrogens with one attached hydrogen (secondary N) is 1. The predicted octanol–water partition coefficient (Wildman–Crippen LogP) is 3.89. The van der Waals surface area contributed by atoms with Crippen LogP contribution in [0.2, 0.25) is 5.02 Å². The Morgan fingerprint density at radius 3 is 2.43 bits per heavy atom. The molecule has 2 aromatic rings. The van der Waals surface area contributed by atoms with Gasteiger partial charge in [-0.3, -0.25) is 9.59 Å². The highest BCUT2D eigenvalue weighted by atomic mass is 35.5. The summed E-state index contributed by atoms with van der Waals surface area (Å²) in [5, 5.41) is 3.42. The fraction of sp³-hybridized carbons (Fsp3) is 0.364. The van der Waals surface area contributed by atoms with Gasteiger partial charge in [0.2, 0.25) is 5.91 Å². The van der Waals surface area contributed by atoms with Gasteiger partial charge < -0.3 is 15.0 Å². The smallest absolute Gasteiger partial charge is 0.261 e. The number of hydrogen-bond donors (Lipinski definition) is 1. The van der Waals surface area contributed by atoms with Crippen LogP contribution in [0.3, 0.4) is 0 Å². The molecular weight excluding hydrogens is 376 g/mol. The molecule has 6 heteroatoms. The number of carbonyl (C=O) groups excluding carboxylic acids is 2. The number of halogens is 1. The first-order valence-corrected chi connectivity index (χ1v) is 9.71. The van der Waals surface area contributed by atoms with Crippen molar-refractivity contribution in [2.24, 2.45) is 0 Å². The first-order chi connectivity index (χ1) is 13.3. The van der Waals surface area contributed by atoms with Crippen molar-refractivity contribution >= 4 is 23.4 Å². The van der Waals surface area contributed by atoms with E-state index in [9.17, 15) is 9.59 Å². The molecule has 5 nitrogen and oxygen atoms in total. The second-order valence-corrected chi connectivity index (χ2v) is 7.18. The number of nitrogens with zero attached hydrogens (tertiary/aromatic N) is 1. The minimum atomic E-state index is -0.607. The largest absolute Gasteiger partial charge is 0.484 e. The van der Waals surface area contributed by atoms with Gasteiger partial charge in [-0.1, -0.05) is 41.4 Å². The molecule has 2 amide bonds. The van der Waals surface area contributed by atoms with Gasteiger partial charge in [0.15, 0.2) is 6.61 Å². The second kappa shape index (κ2) is 10.1. The lowest BCUT2D eigenvalue weighted by atomic mass is 10.1. The van der Waals surface area contributed by atoms with E-state index in [0.717, 1.165) is 16.7 Å². The first kappa shape index (κ1) is 21.8. The van der Waals surface area contributed by atoms with Gasteiger partial charge in [-0.05, 0) is 57.0 Å². The molecule has 2 rings (SSSR count). The van der Waals surface area contributed by atoms with E-state index in [2.05, 4.69) is 5.32 Å². The third-order valence-electron chi connectivity index (χ3n) is 4.48. The van der Waals surface area contributed by atoms with Crippen LogP contribution in [0.5, 0.6) is 5.75 Å². The Labute approximate surface area is 171 Å². The van der Waals surface area contributed by atoms with E-state index < -0.39 is 6.04 Å². The molecule has 0 aliphatic carbocycles. The molecule has 0 bridgehead atoms. The van der Waals surface area contributed by atoms with E-state index in [1.165, 1.54) is 0 Å². The van der Waals surface area contributed by atoms with E-state index >= 15 is 0 Å². The van der Waals surface area contributed by atoms with Crippen molar-refractivity contribution in [3.8, 4) is 5.75 Å². The molecule has 1 atom stereocenters. The molecule has 0 saturated heterocycles. The number of rotatable bonds is 8. The molecule has 0 aliphatic rings. The van der Waals surface area contributed by atoms with Gasteiger partial charge in [0.25, 0.3) is 5.91 Å². The van der Waals surface area contributed by atoms with Crippen LogP contribution in [-0.2, 0) is 16.1 Å². The van der Waals surface area contributed by atoms with Crippen molar-refractivity contribution in [2.45, 2.75) is 40.3 Å². The number of ether oxygens (including phenoxy) is 1. The lowest BCUT2D eigenvalue weighted by Gasteiger charge is -2.28. The molecular formula is C22H27ClN2O3. The maximum absolute atomic E-state index is 12.9. The minimum absolute atomic E-state index is 0.156. The van der Waals surface area contributed by atoms with Crippen LogP contribution in [0, 0.1) is 13.8 Å². The Bertz CT molecular complexity index is 821. The lowest BCUT2D eigenvalue weighted by molar-refractivity contribution is -0.142. The van der Waals surface area contributed by atoms with E-state index in [1.807, 2.05) is 45.0 Å². The summed E-state index contributed by atoms with van der Waals surface area (Å²) in [6.07, 6.45) is 0. The Hall–Kier alpha value is -2.53.